The van der Waals surface area contributed by atoms with E-state index in [0.717, 1.165) is 34.0 Å². The predicted octanol–water partition coefficient (Wildman–Crippen LogP) is 1.82. The average Bonchev–Trinajstić information content (AvgIpc) is 3.34. The van der Waals surface area contributed by atoms with Crippen LogP contribution in [0.2, 0.25) is 0 Å². The summed E-state index contributed by atoms with van der Waals surface area (Å²) < 4.78 is 0.936. The first-order valence-electron chi connectivity index (χ1n) is 9.19. The first-order chi connectivity index (χ1) is 13.4. The highest BCUT2D eigenvalue weighted by atomic mass is 79.9. The van der Waals surface area contributed by atoms with Gasteiger partial charge in [0, 0.05) is 17.6 Å². The van der Waals surface area contributed by atoms with Crippen LogP contribution in [0.3, 0.4) is 0 Å². The number of carbonyl (C=O) groups is 2. The Labute approximate surface area is 171 Å². The molecule has 4 rings (SSSR count). The Morgan fingerprint density at radius 1 is 0.964 bits per heavy atom. The number of hydrogen-bond donors (Lipinski definition) is 3. The first kappa shape index (κ1) is 19.1. The predicted molar refractivity (Wildman–Crippen MR) is 106 cm³/mol. The number of aliphatic hydroxyl groups excluding tert-OH is 2. The molecule has 0 saturated heterocycles. The number of nitrogens with zero attached hydrogens (tertiary/aromatic N) is 1. The highest BCUT2D eigenvalue weighted by Gasteiger charge is 2.47. The smallest absolute Gasteiger partial charge is 0.255 e. The maximum Gasteiger partial charge on any atom is 0.255 e. The molecule has 2 aliphatic rings. The monoisotopic (exact) mass is 444 g/mol. The van der Waals surface area contributed by atoms with Crippen molar-refractivity contribution in [2.24, 2.45) is 0 Å². The zero-order valence-electron chi connectivity index (χ0n) is 15.1. The Hall–Kier alpha value is -2.22. The van der Waals surface area contributed by atoms with Gasteiger partial charge < -0.3 is 20.4 Å². The highest BCUT2D eigenvalue weighted by Crippen LogP contribution is 2.45. The van der Waals surface area contributed by atoms with Crippen molar-refractivity contribution in [3.05, 3.63) is 69.7 Å². The molecule has 0 radical (unpaired) electrons. The second-order valence-electron chi connectivity index (χ2n) is 7.43. The zero-order chi connectivity index (χ0) is 19.9. The molecule has 1 fully saturated rings. The van der Waals surface area contributed by atoms with Gasteiger partial charge in [-0.1, -0.05) is 52.3 Å². The number of hydrogen-bond acceptors (Lipinski definition) is 4. The lowest BCUT2D eigenvalue weighted by Gasteiger charge is -2.25. The Kier molecular flexibility index (Phi) is 4.99. The van der Waals surface area contributed by atoms with Gasteiger partial charge in [-0.3, -0.25) is 9.59 Å². The van der Waals surface area contributed by atoms with Gasteiger partial charge in [-0.25, -0.2) is 0 Å². The SMILES string of the molecule is O=C(NC1(c2ccc(Br)cc2)CC1)C(O)C(O)C(=O)N1Cc2ccccc2C1. The second kappa shape index (κ2) is 7.31. The third-order valence-corrected chi connectivity index (χ3v) is 6.01. The molecule has 2 aromatic carbocycles. The minimum absolute atomic E-state index is 0.364. The number of amides is 2. The van der Waals surface area contributed by atoms with Gasteiger partial charge >= 0.3 is 0 Å². The summed E-state index contributed by atoms with van der Waals surface area (Å²) in [4.78, 5) is 26.5. The van der Waals surface area contributed by atoms with Crippen LogP contribution in [0, 0.1) is 0 Å². The van der Waals surface area contributed by atoms with Crippen molar-refractivity contribution in [1.82, 2.24) is 10.2 Å². The van der Waals surface area contributed by atoms with E-state index in [9.17, 15) is 19.8 Å². The third kappa shape index (κ3) is 3.57. The third-order valence-electron chi connectivity index (χ3n) is 5.48. The molecular weight excluding hydrogens is 424 g/mol. The zero-order valence-corrected chi connectivity index (χ0v) is 16.7. The van der Waals surface area contributed by atoms with Crippen LogP contribution in [0.15, 0.2) is 53.0 Å². The summed E-state index contributed by atoms with van der Waals surface area (Å²) in [5.41, 5.74) is 2.42. The van der Waals surface area contributed by atoms with Gasteiger partial charge in [-0.05, 0) is 41.7 Å². The van der Waals surface area contributed by atoms with Crippen LogP contribution in [0.25, 0.3) is 0 Å². The van der Waals surface area contributed by atoms with Crippen molar-refractivity contribution in [3.63, 3.8) is 0 Å². The van der Waals surface area contributed by atoms with Crippen molar-refractivity contribution in [1.29, 1.82) is 0 Å². The Balaban J connectivity index is 1.40. The molecule has 1 heterocycles. The van der Waals surface area contributed by atoms with Crippen LogP contribution in [-0.4, -0.2) is 39.1 Å². The fourth-order valence-electron chi connectivity index (χ4n) is 3.64. The van der Waals surface area contributed by atoms with E-state index in [1.165, 1.54) is 4.90 Å². The van der Waals surface area contributed by atoms with Gasteiger partial charge in [0.1, 0.15) is 0 Å². The summed E-state index contributed by atoms with van der Waals surface area (Å²) in [5, 5.41) is 23.4. The van der Waals surface area contributed by atoms with Gasteiger partial charge in [-0.2, -0.15) is 0 Å². The molecule has 2 unspecified atom stereocenters. The van der Waals surface area contributed by atoms with Crippen LogP contribution >= 0.6 is 15.9 Å². The number of fused-ring (bicyclic) bond motifs is 1. The van der Waals surface area contributed by atoms with Crippen molar-refractivity contribution >= 4 is 27.7 Å². The summed E-state index contributed by atoms with van der Waals surface area (Å²) in [7, 11) is 0. The summed E-state index contributed by atoms with van der Waals surface area (Å²) in [6.45, 7) is 0.729. The molecule has 0 spiro atoms. The normalized spacial score (nSPS) is 18.9. The molecule has 28 heavy (non-hydrogen) atoms. The molecule has 1 aliphatic heterocycles. The summed E-state index contributed by atoms with van der Waals surface area (Å²) >= 11 is 3.38. The minimum Gasteiger partial charge on any atom is -0.380 e. The van der Waals surface area contributed by atoms with E-state index in [1.807, 2.05) is 48.5 Å². The van der Waals surface area contributed by atoms with Crippen LogP contribution in [0.5, 0.6) is 0 Å². The largest absolute Gasteiger partial charge is 0.380 e. The van der Waals surface area contributed by atoms with Gasteiger partial charge in [0.25, 0.3) is 11.8 Å². The van der Waals surface area contributed by atoms with Gasteiger partial charge in [0.2, 0.25) is 0 Å². The van der Waals surface area contributed by atoms with Crippen molar-refractivity contribution in [3.8, 4) is 0 Å². The minimum atomic E-state index is -1.82. The van der Waals surface area contributed by atoms with E-state index in [2.05, 4.69) is 21.2 Å². The molecule has 1 saturated carbocycles. The molecule has 3 N–H and O–H groups in total. The molecule has 2 atom stereocenters. The van der Waals surface area contributed by atoms with E-state index in [1.54, 1.807) is 0 Å². The summed E-state index contributed by atoms with van der Waals surface area (Å²) in [5.74, 6) is -1.38. The molecule has 0 aromatic heterocycles. The summed E-state index contributed by atoms with van der Waals surface area (Å²) in [6, 6.07) is 15.2. The second-order valence-corrected chi connectivity index (χ2v) is 8.35. The molecule has 6 nitrogen and oxygen atoms in total. The number of rotatable bonds is 5. The lowest BCUT2D eigenvalue weighted by atomic mass is 10.0. The standard InChI is InChI=1S/C21H21BrN2O4/c22-16-7-5-15(6-8-16)21(9-10-21)23-19(27)17(25)18(26)20(28)24-11-13-3-1-2-4-14(13)12-24/h1-8,17-18,25-26H,9-12H2,(H,23,27). The van der Waals surface area contributed by atoms with Gasteiger partial charge in [0.15, 0.2) is 12.2 Å². The fraction of sp³-hybridized carbons (Fsp3) is 0.333. The molecule has 0 bridgehead atoms. The number of nitrogens with one attached hydrogen (secondary N) is 1. The molecule has 7 heteroatoms. The van der Waals surface area contributed by atoms with Crippen molar-refractivity contribution in [2.45, 2.75) is 43.7 Å². The van der Waals surface area contributed by atoms with Crippen LogP contribution in [0.4, 0.5) is 0 Å². The van der Waals surface area contributed by atoms with E-state index in [0.29, 0.717) is 13.1 Å². The Morgan fingerprint density at radius 3 is 2.07 bits per heavy atom. The molecule has 2 amide bonds. The molecule has 146 valence electrons. The average molecular weight is 445 g/mol. The van der Waals surface area contributed by atoms with Crippen molar-refractivity contribution in [2.75, 3.05) is 0 Å². The van der Waals surface area contributed by atoms with E-state index in [4.69, 9.17) is 0 Å². The van der Waals surface area contributed by atoms with Crippen molar-refractivity contribution < 1.29 is 19.8 Å². The molecule has 2 aromatic rings. The highest BCUT2D eigenvalue weighted by molar-refractivity contribution is 9.10. The topological polar surface area (TPSA) is 89.9 Å². The van der Waals surface area contributed by atoms with E-state index in [-0.39, 0.29) is 0 Å². The molecule has 1 aliphatic carbocycles. The summed E-state index contributed by atoms with van der Waals surface area (Å²) in [6.07, 6.45) is -2.11. The van der Waals surface area contributed by atoms with E-state index >= 15 is 0 Å². The van der Waals surface area contributed by atoms with E-state index < -0.39 is 29.6 Å². The number of halogens is 1. The number of carbonyl (C=O) groups excluding carboxylic acids is 2. The lowest BCUT2D eigenvalue weighted by molar-refractivity contribution is -0.154. The van der Waals surface area contributed by atoms with Crippen LogP contribution in [-0.2, 0) is 28.2 Å². The van der Waals surface area contributed by atoms with Crippen LogP contribution < -0.4 is 5.32 Å². The maximum atomic E-state index is 12.6. The van der Waals surface area contributed by atoms with Gasteiger partial charge in [0.05, 0.1) is 5.54 Å². The Bertz CT molecular complexity index is 886. The number of benzene rings is 2. The quantitative estimate of drug-likeness (QED) is 0.655. The number of aliphatic hydroxyl groups is 2. The fourth-order valence-corrected chi connectivity index (χ4v) is 3.91. The Morgan fingerprint density at radius 2 is 1.54 bits per heavy atom. The lowest BCUT2D eigenvalue weighted by Crippen LogP contribution is -2.51. The first-order valence-corrected chi connectivity index (χ1v) is 9.99. The van der Waals surface area contributed by atoms with Gasteiger partial charge in [-0.15, -0.1) is 0 Å². The van der Waals surface area contributed by atoms with Crippen LogP contribution in [0.1, 0.15) is 29.5 Å². The molecular formula is C21H21BrN2O4. The maximum absolute atomic E-state index is 12.6.